The Bertz CT molecular complexity index is 401. The second-order valence-corrected chi connectivity index (χ2v) is 6.33. The Hall–Kier alpha value is -0.940. The van der Waals surface area contributed by atoms with Gasteiger partial charge in [-0.2, -0.15) is 0 Å². The van der Waals surface area contributed by atoms with Crippen molar-refractivity contribution in [1.82, 2.24) is 9.88 Å². The molecule has 1 N–H and O–H groups in total. The molecule has 1 aromatic heterocycles. The lowest BCUT2D eigenvalue weighted by Crippen LogP contribution is -2.26. The smallest absolute Gasteiger partial charge is 0.309 e. The largest absolute Gasteiger partial charge is 0.481 e. The minimum atomic E-state index is -0.719. The number of carboxylic acids is 1. The van der Waals surface area contributed by atoms with Crippen LogP contribution in [0, 0.1) is 12.3 Å². The summed E-state index contributed by atoms with van der Waals surface area (Å²) in [5.74, 6) is -0.719. The van der Waals surface area contributed by atoms with Crippen LogP contribution in [0.1, 0.15) is 37.3 Å². The fraction of sp³-hybridized carbons (Fsp3) is 0.692. The van der Waals surface area contributed by atoms with E-state index in [2.05, 4.69) is 16.9 Å². The average molecular weight is 270 g/mol. The van der Waals surface area contributed by atoms with E-state index in [1.54, 1.807) is 25.2 Å². The molecule has 0 aliphatic rings. The quantitative estimate of drug-likeness (QED) is 0.827. The van der Waals surface area contributed by atoms with Crippen molar-refractivity contribution in [1.29, 1.82) is 0 Å². The highest BCUT2D eigenvalue weighted by atomic mass is 32.1. The number of nitrogens with zero attached hydrogens (tertiary/aromatic N) is 2. The Labute approximate surface area is 113 Å². The van der Waals surface area contributed by atoms with Gasteiger partial charge in [-0.05, 0) is 47.2 Å². The summed E-state index contributed by atoms with van der Waals surface area (Å²) in [5.41, 5.74) is 2.34. The molecule has 0 aliphatic heterocycles. The van der Waals surface area contributed by atoms with Crippen LogP contribution in [0.4, 0.5) is 0 Å². The second-order valence-electron chi connectivity index (χ2n) is 5.39. The van der Waals surface area contributed by atoms with Gasteiger partial charge in [0.1, 0.15) is 0 Å². The van der Waals surface area contributed by atoms with Crippen molar-refractivity contribution < 1.29 is 9.90 Å². The SMILES string of the molecule is Cc1ncsc1CN(C)CCCC(C)(C)C(=O)O. The van der Waals surface area contributed by atoms with E-state index < -0.39 is 11.4 Å². The summed E-state index contributed by atoms with van der Waals surface area (Å²) >= 11 is 1.67. The monoisotopic (exact) mass is 270 g/mol. The average Bonchev–Trinajstić information content (AvgIpc) is 2.64. The van der Waals surface area contributed by atoms with E-state index in [-0.39, 0.29) is 0 Å². The van der Waals surface area contributed by atoms with Gasteiger partial charge in [0.2, 0.25) is 0 Å². The maximum atomic E-state index is 11.0. The number of carbonyl (C=O) groups is 1. The van der Waals surface area contributed by atoms with Gasteiger partial charge in [0.15, 0.2) is 0 Å². The number of aryl methyl sites for hydroxylation is 1. The fourth-order valence-corrected chi connectivity index (χ4v) is 2.56. The second kappa shape index (κ2) is 6.29. The molecule has 0 aliphatic carbocycles. The molecular weight excluding hydrogens is 248 g/mol. The number of hydrogen-bond donors (Lipinski definition) is 1. The molecule has 0 unspecified atom stereocenters. The molecule has 0 radical (unpaired) electrons. The van der Waals surface area contributed by atoms with Gasteiger partial charge in [-0.25, -0.2) is 4.98 Å². The lowest BCUT2D eigenvalue weighted by atomic mass is 9.88. The summed E-state index contributed by atoms with van der Waals surface area (Å²) in [5, 5.41) is 9.03. The molecular formula is C13H22N2O2S. The molecule has 0 atom stereocenters. The molecule has 0 fully saturated rings. The van der Waals surface area contributed by atoms with E-state index in [1.165, 1.54) is 4.88 Å². The summed E-state index contributed by atoms with van der Waals surface area (Å²) in [6, 6.07) is 0. The third-order valence-electron chi connectivity index (χ3n) is 3.18. The number of rotatable bonds is 7. The minimum Gasteiger partial charge on any atom is -0.481 e. The van der Waals surface area contributed by atoms with E-state index in [0.29, 0.717) is 6.42 Å². The van der Waals surface area contributed by atoms with Crippen molar-refractivity contribution in [3.63, 3.8) is 0 Å². The Kier molecular flexibility index (Phi) is 5.28. The zero-order valence-corrected chi connectivity index (χ0v) is 12.4. The van der Waals surface area contributed by atoms with Gasteiger partial charge in [0.05, 0.1) is 16.6 Å². The minimum absolute atomic E-state index is 0.624. The van der Waals surface area contributed by atoms with E-state index in [9.17, 15) is 4.79 Å². The fourth-order valence-electron chi connectivity index (χ4n) is 1.70. The molecule has 18 heavy (non-hydrogen) atoms. The van der Waals surface area contributed by atoms with E-state index in [1.807, 2.05) is 12.4 Å². The van der Waals surface area contributed by atoms with Crippen LogP contribution in [-0.4, -0.2) is 34.6 Å². The van der Waals surface area contributed by atoms with Gasteiger partial charge in [-0.15, -0.1) is 11.3 Å². The predicted octanol–water partition coefficient (Wildman–Crippen LogP) is 2.77. The topological polar surface area (TPSA) is 53.4 Å². The van der Waals surface area contributed by atoms with Crippen molar-refractivity contribution in [2.75, 3.05) is 13.6 Å². The molecule has 0 spiro atoms. The lowest BCUT2D eigenvalue weighted by Gasteiger charge is -2.21. The first-order valence-corrected chi connectivity index (χ1v) is 7.02. The molecule has 1 aromatic rings. The normalized spacial score (nSPS) is 12.1. The maximum absolute atomic E-state index is 11.0. The third kappa shape index (κ3) is 4.38. The van der Waals surface area contributed by atoms with Gasteiger partial charge in [0.25, 0.3) is 0 Å². The highest BCUT2D eigenvalue weighted by Crippen LogP contribution is 2.22. The van der Waals surface area contributed by atoms with Crippen molar-refractivity contribution in [3.05, 3.63) is 16.1 Å². The predicted molar refractivity (Wildman–Crippen MR) is 73.8 cm³/mol. The standard InChI is InChI=1S/C13H22N2O2S/c1-10-11(18-9-14-10)8-15(4)7-5-6-13(2,3)12(16)17/h9H,5-8H2,1-4H3,(H,16,17). The summed E-state index contributed by atoms with van der Waals surface area (Å²) in [6.07, 6.45) is 1.60. The van der Waals surface area contributed by atoms with Gasteiger partial charge < -0.3 is 10.0 Å². The molecule has 0 saturated heterocycles. The zero-order valence-electron chi connectivity index (χ0n) is 11.6. The van der Waals surface area contributed by atoms with Crippen LogP contribution in [0.2, 0.25) is 0 Å². The Morgan fingerprint density at radius 3 is 2.72 bits per heavy atom. The summed E-state index contributed by atoms with van der Waals surface area (Å²) < 4.78 is 0. The first kappa shape index (κ1) is 15.1. The maximum Gasteiger partial charge on any atom is 0.309 e. The molecule has 1 rings (SSSR count). The number of carboxylic acid groups (broad SMARTS) is 1. The third-order valence-corrected chi connectivity index (χ3v) is 4.10. The van der Waals surface area contributed by atoms with E-state index >= 15 is 0 Å². The van der Waals surface area contributed by atoms with Crippen LogP contribution < -0.4 is 0 Å². The molecule has 0 amide bonds. The van der Waals surface area contributed by atoms with Crippen molar-refractivity contribution in [3.8, 4) is 0 Å². The van der Waals surface area contributed by atoms with Gasteiger partial charge in [-0.1, -0.05) is 0 Å². The molecule has 0 aromatic carbocycles. The highest BCUT2D eigenvalue weighted by Gasteiger charge is 2.26. The molecule has 0 saturated carbocycles. The van der Waals surface area contributed by atoms with Gasteiger partial charge in [-0.3, -0.25) is 4.79 Å². The van der Waals surface area contributed by atoms with Crippen LogP contribution >= 0.6 is 11.3 Å². The summed E-state index contributed by atoms with van der Waals surface area (Å²) in [6.45, 7) is 7.39. The van der Waals surface area contributed by atoms with Crippen molar-refractivity contribution in [2.45, 2.75) is 40.2 Å². The van der Waals surface area contributed by atoms with Crippen LogP contribution in [0.5, 0.6) is 0 Å². The van der Waals surface area contributed by atoms with Gasteiger partial charge in [0, 0.05) is 11.4 Å². The Balaban J connectivity index is 2.32. The number of aromatic nitrogens is 1. The van der Waals surface area contributed by atoms with Crippen molar-refractivity contribution in [2.24, 2.45) is 5.41 Å². The molecule has 5 heteroatoms. The Morgan fingerprint density at radius 1 is 1.56 bits per heavy atom. The zero-order chi connectivity index (χ0) is 13.8. The molecule has 102 valence electrons. The number of thiazole rings is 1. The van der Waals surface area contributed by atoms with Crippen molar-refractivity contribution >= 4 is 17.3 Å². The first-order valence-electron chi connectivity index (χ1n) is 6.14. The molecule has 0 bridgehead atoms. The van der Waals surface area contributed by atoms with E-state index in [0.717, 1.165) is 25.2 Å². The number of hydrogen-bond acceptors (Lipinski definition) is 4. The van der Waals surface area contributed by atoms with Crippen LogP contribution in [0.15, 0.2) is 5.51 Å². The first-order chi connectivity index (χ1) is 8.33. The van der Waals surface area contributed by atoms with Gasteiger partial charge >= 0.3 is 5.97 Å². The Morgan fingerprint density at radius 2 is 2.22 bits per heavy atom. The number of aliphatic carboxylic acids is 1. The van der Waals surface area contributed by atoms with Crippen LogP contribution in [0.25, 0.3) is 0 Å². The lowest BCUT2D eigenvalue weighted by molar-refractivity contribution is -0.147. The summed E-state index contributed by atoms with van der Waals surface area (Å²) in [4.78, 5) is 18.7. The van der Waals surface area contributed by atoms with E-state index in [4.69, 9.17) is 5.11 Å². The highest BCUT2D eigenvalue weighted by molar-refractivity contribution is 7.09. The van der Waals surface area contributed by atoms with Crippen LogP contribution in [0.3, 0.4) is 0 Å². The molecule has 1 heterocycles. The summed E-state index contributed by atoms with van der Waals surface area (Å²) in [7, 11) is 2.06. The molecule has 4 nitrogen and oxygen atoms in total. The van der Waals surface area contributed by atoms with Crippen LogP contribution in [-0.2, 0) is 11.3 Å².